The zero-order chi connectivity index (χ0) is 25.5. The van der Waals surface area contributed by atoms with Crippen LogP contribution in [0.25, 0.3) is 10.9 Å². The lowest BCUT2D eigenvalue weighted by molar-refractivity contribution is -0.340. The third-order valence-corrected chi connectivity index (χ3v) is 7.33. The maximum Gasteiger partial charge on any atom is 0.258 e. The zero-order valence-electron chi connectivity index (χ0n) is 19.4. The van der Waals surface area contributed by atoms with Crippen molar-refractivity contribution in [3.63, 3.8) is 0 Å². The van der Waals surface area contributed by atoms with E-state index >= 15 is 0 Å². The standard InChI is InChI=1S/C22H23FN4O6S2/c1-25(2)32-33-34-17-10-14(23)8-7-13(17)11-27-12-16-18(22(27)29)21(28)19-15(6-5-9-24-19)20(16)26(3)35(4,30)31/h5-10,28H,11-12H2,1-4H3. The third-order valence-electron chi connectivity index (χ3n) is 5.47. The molecule has 10 nitrogen and oxygen atoms in total. The molecule has 0 bridgehead atoms. The summed E-state index contributed by atoms with van der Waals surface area (Å²) in [6.07, 6.45) is 2.51. The van der Waals surface area contributed by atoms with E-state index in [2.05, 4.69) is 4.98 Å². The van der Waals surface area contributed by atoms with Crippen LogP contribution in [0, 0.1) is 5.82 Å². The van der Waals surface area contributed by atoms with Gasteiger partial charge in [0.05, 0.1) is 29.5 Å². The molecule has 4 rings (SSSR count). The molecule has 1 N–H and O–H groups in total. The Bertz CT molecular complexity index is 1420. The Labute approximate surface area is 206 Å². The van der Waals surface area contributed by atoms with Crippen LogP contribution in [0.15, 0.2) is 41.4 Å². The van der Waals surface area contributed by atoms with Gasteiger partial charge in [-0.25, -0.2) is 12.8 Å². The van der Waals surface area contributed by atoms with Crippen molar-refractivity contribution >= 4 is 44.6 Å². The van der Waals surface area contributed by atoms with E-state index in [4.69, 9.17) is 9.32 Å². The number of benzene rings is 2. The molecule has 0 saturated carbocycles. The number of phenolic OH excluding ortho intramolecular Hbond substituents is 1. The van der Waals surface area contributed by atoms with E-state index in [-0.39, 0.29) is 35.6 Å². The van der Waals surface area contributed by atoms with E-state index < -0.39 is 21.7 Å². The second kappa shape index (κ2) is 9.59. The van der Waals surface area contributed by atoms with Crippen LogP contribution in [0.5, 0.6) is 5.75 Å². The summed E-state index contributed by atoms with van der Waals surface area (Å²) in [6, 6.07) is 7.31. The Morgan fingerprint density at radius 3 is 2.69 bits per heavy atom. The van der Waals surface area contributed by atoms with Crippen molar-refractivity contribution in [3.05, 3.63) is 59.0 Å². The number of nitrogens with zero attached hydrogens (tertiary/aromatic N) is 4. The highest BCUT2D eigenvalue weighted by molar-refractivity contribution is 7.94. The number of rotatable bonds is 8. The lowest BCUT2D eigenvalue weighted by Gasteiger charge is -2.22. The fourth-order valence-corrected chi connectivity index (χ4v) is 5.01. The molecule has 35 heavy (non-hydrogen) atoms. The second-order valence-corrected chi connectivity index (χ2v) is 10.9. The van der Waals surface area contributed by atoms with Crippen LogP contribution in [0.3, 0.4) is 0 Å². The molecule has 0 atom stereocenters. The fraction of sp³-hybridized carbons (Fsp3) is 0.273. The topological polar surface area (TPSA) is 113 Å². The van der Waals surface area contributed by atoms with E-state index in [1.165, 1.54) is 41.4 Å². The van der Waals surface area contributed by atoms with Gasteiger partial charge in [-0.2, -0.15) is 5.06 Å². The first-order valence-electron chi connectivity index (χ1n) is 10.3. The van der Waals surface area contributed by atoms with Crippen molar-refractivity contribution in [1.82, 2.24) is 14.9 Å². The van der Waals surface area contributed by atoms with Crippen molar-refractivity contribution in [1.29, 1.82) is 0 Å². The van der Waals surface area contributed by atoms with Gasteiger partial charge in [0.25, 0.3) is 5.91 Å². The lowest BCUT2D eigenvalue weighted by atomic mass is 10.0. The fourth-order valence-electron chi connectivity index (χ4n) is 3.84. The third kappa shape index (κ3) is 4.90. The van der Waals surface area contributed by atoms with Gasteiger partial charge in [0.1, 0.15) is 11.3 Å². The summed E-state index contributed by atoms with van der Waals surface area (Å²) in [7, 11) is 0.927. The predicted molar refractivity (Wildman–Crippen MR) is 128 cm³/mol. The molecule has 1 aromatic heterocycles. The Kier molecular flexibility index (Phi) is 6.88. The number of carbonyl (C=O) groups excluding carboxylic acids is 1. The summed E-state index contributed by atoms with van der Waals surface area (Å²) in [6.45, 7) is 0.0744. The number of hydrogen-bond acceptors (Lipinski definition) is 9. The second-order valence-electron chi connectivity index (χ2n) is 8.13. The molecule has 186 valence electrons. The molecule has 1 aliphatic rings. The summed E-state index contributed by atoms with van der Waals surface area (Å²) in [5.74, 6) is -1.31. The van der Waals surface area contributed by atoms with Gasteiger partial charge in [0.2, 0.25) is 10.0 Å². The maximum absolute atomic E-state index is 13.9. The first-order chi connectivity index (χ1) is 16.5. The molecular formula is C22H23FN4O6S2. The number of amides is 1. The maximum atomic E-state index is 13.9. The highest BCUT2D eigenvalue weighted by Crippen LogP contribution is 2.44. The van der Waals surface area contributed by atoms with E-state index in [0.29, 0.717) is 21.4 Å². The number of aromatic hydroxyl groups is 1. The van der Waals surface area contributed by atoms with Gasteiger partial charge in [-0.05, 0) is 29.8 Å². The van der Waals surface area contributed by atoms with Crippen molar-refractivity contribution in [2.24, 2.45) is 0 Å². The SMILES string of the molecule is CN(C)OOSc1cc(F)ccc1CN1Cc2c(c(O)c3ncccc3c2N(C)S(C)(=O)=O)C1=O. The first kappa shape index (κ1) is 25.1. The number of aromatic nitrogens is 1. The number of hydroxylamine groups is 2. The van der Waals surface area contributed by atoms with E-state index in [1.807, 2.05) is 0 Å². The minimum absolute atomic E-state index is 0.00907. The van der Waals surface area contributed by atoms with Crippen LogP contribution in [-0.2, 0) is 32.4 Å². The van der Waals surface area contributed by atoms with Gasteiger partial charge in [0.15, 0.2) is 5.75 Å². The van der Waals surface area contributed by atoms with Crippen molar-refractivity contribution in [3.8, 4) is 5.75 Å². The molecule has 0 radical (unpaired) electrons. The van der Waals surface area contributed by atoms with Crippen molar-refractivity contribution in [2.75, 3.05) is 31.7 Å². The molecule has 1 amide bonds. The molecule has 0 fully saturated rings. The zero-order valence-corrected chi connectivity index (χ0v) is 21.0. The molecule has 0 unspecified atom stereocenters. The molecule has 13 heteroatoms. The average molecular weight is 523 g/mol. The summed E-state index contributed by atoms with van der Waals surface area (Å²) in [4.78, 5) is 24.3. The highest BCUT2D eigenvalue weighted by Gasteiger charge is 2.37. The summed E-state index contributed by atoms with van der Waals surface area (Å²) in [5, 5.41) is 12.6. The highest BCUT2D eigenvalue weighted by atomic mass is 32.2. The Balaban J connectivity index is 1.76. The molecule has 0 spiro atoms. The van der Waals surface area contributed by atoms with Gasteiger partial charge in [-0.3, -0.25) is 14.1 Å². The van der Waals surface area contributed by atoms with Gasteiger partial charge < -0.3 is 10.0 Å². The van der Waals surface area contributed by atoms with Crippen LogP contribution >= 0.6 is 12.0 Å². The summed E-state index contributed by atoms with van der Waals surface area (Å²) in [5.41, 5.74) is 1.32. The number of anilines is 1. The normalized spacial score (nSPS) is 13.7. The molecule has 0 saturated heterocycles. The lowest BCUT2D eigenvalue weighted by Crippen LogP contribution is -2.26. The molecule has 2 heterocycles. The van der Waals surface area contributed by atoms with Gasteiger partial charge in [-0.1, -0.05) is 6.07 Å². The number of phenols is 1. The number of sulfonamides is 1. The average Bonchev–Trinajstić information content (AvgIpc) is 3.10. The van der Waals surface area contributed by atoms with E-state index in [0.717, 1.165) is 22.6 Å². The largest absolute Gasteiger partial charge is 0.505 e. The van der Waals surface area contributed by atoms with E-state index in [9.17, 15) is 22.7 Å². The van der Waals surface area contributed by atoms with Crippen molar-refractivity contribution < 1.29 is 32.0 Å². The molecule has 1 aliphatic heterocycles. The number of pyridine rings is 1. The molecule has 3 aromatic rings. The minimum Gasteiger partial charge on any atom is -0.505 e. The van der Waals surface area contributed by atoms with Crippen LogP contribution in [0.2, 0.25) is 0 Å². The smallest absolute Gasteiger partial charge is 0.258 e. The van der Waals surface area contributed by atoms with Crippen LogP contribution in [0.4, 0.5) is 10.1 Å². The predicted octanol–water partition coefficient (Wildman–Crippen LogP) is 3.06. The first-order valence-corrected chi connectivity index (χ1v) is 12.9. The Morgan fingerprint density at radius 2 is 2.00 bits per heavy atom. The monoisotopic (exact) mass is 522 g/mol. The number of hydrogen-bond donors (Lipinski definition) is 1. The molecular weight excluding hydrogens is 499 g/mol. The van der Waals surface area contributed by atoms with Crippen molar-refractivity contribution in [2.45, 2.75) is 18.0 Å². The van der Waals surface area contributed by atoms with Crippen LogP contribution in [-0.4, -0.2) is 61.8 Å². The van der Waals surface area contributed by atoms with Crippen LogP contribution in [0.1, 0.15) is 21.5 Å². The minimum atomic E-state index is -3.69. The molecule has 2 aromatic carbocycles. The Hall–Kier alpha value is -2.97. The number of carbonyl (C=O) groups is 1. The summed E-state index contributed by atoms with van der Waals surface area (Å²) >= 11 is 0.786. The van der Waals surface area contributed by atoms with E-state index in [1.54, 1.807) is 26.2 Å². The summed E-state index contributed by atoms with van der Waals surface area (Å²) < 4.78 is 44.9. The van der Waals surface area contributed by atoms with Crippen LogP contribution < -0.4 is 4.31 Å². The number of halogens is 1. The van der Waals surface area contributed by atoms with Gasteiger partial charge >= 0.3 is 0 Å². The Morgan fingerprint density at radius 1 is 1.26 bits per heavy atom. The van der Waals surface area contributed by atoms with Gasteiger partial charge in [-0.15, -0.1) is 9.32 Å². The molecule has 0 aliphatic carbocycles. The number of fused-ring (bicyclic) bond motifs is 2. The van der Waals surface area contributed by atoms with Gasteiger partial charge in [0, 0.05) is 56.3 Å². The quantitative estimate of drug-likeness (QED) is 0.271.